The number of hydrogen-bond donors (Lipinski definition) is 2. The molecule has 0 aliphatic heterocycles. The average Bonchev–Trinajstić information content (AvgIpc) is 2.36. The molecule has 0 aliphatic rings. The Morgan fingerprint density at radius 2 is 1.90 bits per heavy atom. The number of anilines is 1. The molecule has 0 bridgehead atoms. The van der Waals surface area contributed by atoms with Gasteiger partial charge < -0.3 is 10.4 Å². The number of halogens is 3. The van der Waals surface area contributed by atoms with Crippen LogP contribution in [0.25, 0.3) is 0 Å². The Bertz CT molecular complexity index is 629. The van der Waals surface area contributed by atoms with Gasteiger partial charge in [0.15, 0.2) is 6.04 Å². The van der Waals surface area contributed by atoms with Gasteiger partial charge in [0.25, 0.3) is 0 Å². The maximum atomic E-state index is 13.3. The number of hydrogen-bond acceptors (Lipinski definition) is 2. The van der Waals surface area contributed by atoms with Gasteiger partial charge in [-0.25, -0.2) is 9.18 Å². The van der Waals surface area contributed by atoms with Crippen LogP contribution in [0.1, 0.15) is 11.6 Å². The lowest BCUT2D eigenvalue weighted by Crippen LogP contribution is -2.20. The molecule has 1 unspecified atom stereocenters. The van der Waals surface area contributed by atoms with E-state index in [1.807, 2.05) is 0 Å². The zero-order valence-electron chi connectivity index (χ0n) is 10.1. The highest BCUT2D eigenvalue weighted by atomic mass is 35.5. The van der Waals surface area contributed by atoms with E-state index in [1.165, 1.54) is 6.07 Å². The molecule has 2 aromatic carbocycles. The van der Waals surface area contributed by atoms with Gasteiger partial charge in [0.05, 0.1) is 10.7 Å². The summed E-state index contributed by atoms with van der Waals surface area (Å²) in [6.45, 7) is 0. The number of rotatable bonds is 4. The van der Waals surface area contributed by atoms with Crippen molar-refractivity contribution in [2.75, 3.05) is 5.32 Å². The first-order valence-electron chi connectivity index (χ1n) is 5.67. The fourth-order valence-electron chi connectivity index (χ4n) is 1.76. The Morgan fingerprint density at radius 1 is 1.20 bits per heavy atom. The fraction of sp³-hybridized carbons (Fsp3) is 0.0714. The Hall–Kier alpha value is -1.78. The van der Waals surface area contributed by atoms with Crippen LogP contribution in [-0.2, 0) is 4.79 Å². The highest BCUT2D eigenvalue weighted by Gasteiger charge is 2.21. The van der Waals surface area contributed by atoms with Gasteiger partial charge in [-0.15, -0.1) is 0 Å². The second-order valence-electron chi connectivity index (χ2n) is 4.10. The minimum absolute atomic E-state index is 0.132. The number of nitrogens with one attached hydrogen (secondary N) is 1. The summed E-state index contributed by atoms with van der Waals surface area (Å²) >= 11 is 11.7. The van der Waals surface area contributed by atoms with Crippen LogP contribution in [-0.4, -0.2) is 11.1 Å². The molecule has 3 nitrogen and oxygen atoms in total. The SMILES string of the molecule is O=C(O)C(Nc1ccccc1Cl)c1cc(F)cc(Cl)c1. The summed E-state index contributed by atoms with van der Waals surface area (Å²) in [5.74, 6) is -1.76. The zero-order chi connectivity index (χ0) is 14.7. The van der Waals surface area contributed by atoms with Crippen LogP contribution in [0, 0.1) is 5.82 Å². The summed E-state index contributed by atoms with van der Waals surface area (Å²) in [5.41, 5.74) is 0.657. The van der Waals surface area contributed by atoms with Crippen LogP contribution < -0.4 is 5.32 Å². The third kappa shape index (κ3) is 3.40. The lowest BCUT2D eigenvalue weighted by molar-refractivity contribution is -0.138. The maximum Gasteiger partial charge on any atom is 0.330 e. The molecule has 1 atom stereocenters. The highest BCUT2D eigenvalue weighted by Crippen LogP contribution is 2.28. The first-order valence-corrected chi connectivity index (χ1v) is 6.43. The van der Waals surface area contributed by atoms with Gasteiger partial charge in [-0.3, -0.25) is 0 Å². The monoisotopic (exact) mass is 313 g/mol. The predicted molar refractivity (Wildman–Crippen MR) is 76.9 cm³/mol. The molecule has 0 radical (unpaired) electrons. The molecule has 0 fully saturated rings. The molecule has 0 aromatic heterocycles. The number of carbonyl (C=O) groups is 1. The van der Waals surface area contributed by atoms with Crippen LogP contribution in [0.4, 0.5) is 10.1 Å². The quantitative estimate of drug-likeness (QED) is 0.881. The molecule has 2 aromatic rings. The van der Waals surface area contributed by atoms with Crippen molar-refractivity contribution in [1.82, 2.24) is 0 Å². The number of carboxylic acids is 1. The van der Waals surface area contributed by atoms with Gasteiger partial charge in [-0.05, 0) is 35.9 Å². The van der Waals surface area contributed by atoms with Crippen molar-refractivity contribution in [2.45, 2.75) is 6.04 Å². The first kappa shape index (κ1) is 14.6. The number of benzene rings is 2. The smallest absolute Gasteiger partial charge is 0.330 e. The first-order chi connectivity index (χ1) is 9.47. The summed E-state index contributed by atoms with van der Waals surface area (Å²) in [6.07, 6.45) is 0. The normalized spacial score (nSPS) is 11.9. The Labute approximate surface area is 124 Å². The highest BCUT2D eigenvalue weighted by molar-refractivity contribution is 6.33. The van der Waals surface area contributed by atoms with E-state index in [1.54, 1.807) is 24.3 Å². The molecule has 2 N–H and O–H groups in total. The number of para-hydroxylation sites is 1. The van der Waals surface area contributed by atoms with Crippen molar-refractivity contribution in [1.29, 1.82) is 0 Å². The van der Waals surface area contributed by atoms with E-state index < -0.39 is 17.8 Å². The zero-order valence-corrected chi connectivity index (χ0v) is 11.6. The summed E-state index contributed by atoms with van der Waals surface area (Å²) in [5, 5.41) is 12.6. The molecule has 20 heavy (non-hydrogen) atoms. The summed E-state index contributed by atoms with van der Waals surface area (Å²) < 4.78 is 13.3. The van der Waals surface area contributed by atoms with E-state index in [9.17, 15) is 14.3 Å². The van der Waals surface area contributed by atoms with Crippen LogP contribution in [0.2, 0.25) is 10.0 Å². The standard InChI is InChI=1S/C14H10Cl2FNO2/c15-9-5-8(6-10(17)7-9)13(14(19)20)18-12-4-2-1-3-11(12)16/h1-7,13,18H,(H,19,20). The van der Waals surface area contributed by atoms with E-state index in [4.69, 9.17) is 23.2 Å². The van der Waals surface area contributed by atoms with E-state index in [-0.39, 0.29) is 10.6 Å². The molecule has 0 spiro atoms. The molecule has 0 heterocycles. The van der Waals surface area contributed by atoms with Crippen molar-refractivity contribution in [3.63, 3.8) is 0 Å². The van der Waals surface area contributed by atoms with Gasteiger partial charge in [-0.1, -0.05) is 35.3 Å². The lowest BCUT2D eigenvalue weighted by Gasteiger charge is -2.17. The molecule has 0 aliphatic carbocycles. The van der Waals surface area contributed by atoms with Crippen LogP contribution in [0.3, 0.4) is 0 Å². The van der Waals surface area contributed by atoms with E-state index in [2.05, 4.69) is 5.32 Å². The van der Waals surface area contributed by atoms with Gasteiger partial charge in [0.1, 0.15) is 5.82 Å². The van der Waals surface area contributed by atoms with E-state index >= 15 is 0 Å². The summed E-state index contributed by atoms with van der Waals surface area (Å²) in [7, 11) is 0. The fourth-order valence-corrected chi connectivity index (χ4v) is 2.18. The molecule has 0 saturated heterocycles. The maximum absolute atomic E-state index is 13.3. The van der Waals surface area contributed by atoms with Crippen molar-refractivity contribution < 1.29 is 14.3 Å². The minimum Gasteiger partial charge on any atom is -0.479 e. The predicted octanol–water partition coefficient (Wildman–Crippen LogP) is 4.37. The second kappa shape index (κ2) is 6.11. The van der Waals surface area contributed by atoms with Crippen molar-refractivity contribution >= 4 is 34.9 Å². The third-order valence-corrected chi connectivity index (χ3v) is 3.19. The topological polar surface area (TPSA) is 49.3 Å². The van der Waals surface area contributed by atoms with Crippen molar-refractivity contribution in [2.24, 2.45) is 0 Å². The molecule has 0 amide bonds. The van der Waals surface area contributed by atoms with Crippen LogP contribution >= 0.6 is 23.2 Å². The van der Waals surface area contributed by atoms with Gasteiger partial charge in [0, 0.05) is 5.02 Å². The van der Waals surface area contributed by atoms with Crippen LogP contribution in [0.5, 0.6) is 0 Å². The van der Waals surface area contributed by atoms with E-state index in [0.717, 1.165) is 12.1 Å². The number of aliphatic carboxylic acids is 1. The summed E-state index contributed by atoms with van der Waals surface area (Å²) in [6, 6.07) is 9.18. The Morgan fingerprint density at radius 3 is 2.50 bits per heavy atom. The molecular weight excluding hydrogens is 304 g/mol. The molecule has 104 valence electrons. The minimum atomic E-state index is -1.16. The van der Waals surface area contributed by atoms with Gasteiger partial charge >= 0.3 is 5.97 Å². The third-order valence-electron chi connectivity index (χ3n) is 2.64. The largest absolute Gasteiger partial charge is 0.479 e. The van der Waals surface area contributed by atoms with Crippen LogP contribution in [0.15, 0.2) is 42.5 Å². The lowest BCUT2D eigenvalue weighted by atomic mass is 10.1. The Balaban J connectivity index is 2.37. The van der Waals surface area contributed by atoms with Crippen molar-refractivity contribution in [3.05, 3.63) is 63.9 Å². The second-order valence-corrected chi connectivity index (χ2v) is 4.94. The molecule has 0 saturated carbocycles. The van der Waals surface area contributed by atoms with Crippen molar-refractivity contribution in [3.8, 4) is 0 Å². The van der Waals surface area contributed by atoms with E-state index in [0.29, 0.717) is 10.7 Å². The number of carboxylic acid groups (broad SMARTS) is 1. The molecule has 6 heteroatoms. The molecular formula is C14H10Cl2FNO2. The summed E-state index contributed by atoms with van der Waals surface area (Å²) in [4.78, 5) is 11.4. The van der Waals surface area contributed by atoms with Gasteiger partial charge in [-0.2, -0.15) is 0 Å². The Kier molecular flexibility index (Phi) is 4.47. The molecule has 2 rings (SSSR count). The van der Waals surface area contributed by atoms with Gasteiger partial charge in [0.2, 0.25) is 0 Å². The average molecular weight is 314 g/mol.